The molecule has 1 aromatic heterocycles. The predicted octanol–water partition coefficient (Wildman–Crippen LogP) is 2.77. The van der Waals surface area contributed by atoms with Crippen molar-refractivity contribution in [3.63, 3.8) is 0 Å². The minimum absolute atomic E-state index is 0.430. The zero-order valence-corrected chi connectivity index (χ0v) is 10.1. The molecule has 3 nitrogen and oxygen atoms in total. The Morgan fingerprint density at radius 1 is 1.40 bits per heavy atom. The monoisotopic (exact) mass is 248 g/mol. The van der Waals surface area contributed by atoms with Crippen molar-refractivity contribution in [2.45, 2.75) is 13.3 Å². The van der Waals surface area contributed by atoms with E-state index in [1.54, 1.807) is 6.07 Å². The number of pyridine rings is 1. The SMILES string of the molecule is CCCNCCOc1ncc(Cl)cc1Cl. The molecule has 15 heavy (non-hydrogen) atoms. The smallest absolute Gasteiger partial charge is 0.232 e. The van der Waals surface area contributed by atoms with E-state index < -0.39 is 0 Å². The molecule has 0 amide bonds. The fraction of sp³-hybridized carbons (Fsp3) is 0.500. The minimum Gasteiger partial charge on any atom is -0.475 e. The van der Waals surface area contributed by atoms with E-state index in [-0.39, 0.29) is 0 Å². The van der Waals surface area contributed by atoms with E-state index in [0.717, 1.165) is 19.5 Å². The van der Waals surface area contributed by atoms with Crippen molar-refractivity contribution >= 4 is 23.2 Å². The summed E-state index contributed by atoms with van der Waals surface area (Å²) in [4.78, 5) is 3.98. The minimum atomic E-state index is 0.430. The van der Waals surface area contributed by atoms with Crippen LogP contribution in [0.2, 0.25) is 10.0 Å². The molecule has 1 heterocycles. The molecule has 5 heteroatoms. The van der Waals surface area contributed by atoms with Gasteiger partial charge in [0.05, 0.1) is 5.02 Å². The summed E-state index contributed by atoms with van der Waals surface area (Å²) < 4.78 is 5.37. The van der Waals surface area contributed by atoms with Gasteiger partial charge >= 0.3 is 0 Å². The molecule has 0 bridgehead atoms. The highest BCUT2D eigenvalue weighted by molar-refractivity contribution is 6.35. The molecule has 0 atom stereocenters. The molecule has 1 N–H and O–H groups in total. The Morgan fingerprint density at radius 3 is 2.87 bits per heavy atom. The summed E-state index contributed by atoms with van der Waals surface area (Å²) >= 11 is 11.6. The van der Waals surface area contributed by atoms with Crippen LogP contribution in [0.15, 0.2) is 12.3 Å². The summed E-state index contributed by atoms with van der Waals surface area (Å²) in [5.41, 5.74) is 0. The van der Waals surface area contributed by atoms with Gasteiger partial charge in [0, 0.05) is 12.7 Å². The molecule has 0 spiro atoms. The Kier molecular flexibility index (Phi) is 5.76. The standard InChI is InChI=1S/C10H14Cl2N2O/c1-2-3-13-4-5-15-10-9(12)6-8(11)7-14-10/h6-7,13H,2-5H2,1H3. The number of aromatic nitrogens is 1. The van der Waals surface area contributed by atoms with Crippen LogP contribution in [0.5, 0.6) is 5.88 Å². The van der Waals surface area contributed by atoms with Gasteiger partial charge in [-0.15, -0.1) is 0 Å². The fourth-order valence-corrected chi connectivity index (χ4v) is 1.46. The van der Waals surface area contributed by atoms with Gasteiger partial charge in [-0.25, -0.2) is 4.98 Å². The molecule has 0 aliphatic heterocycles. The van der Waals surface area contributed by atoms with Gasteiger partial charge in [-0.2, -0.15) is 0 Å². The number of hydrogen-bond acceptors (Lipinski definition) is 3. The normalized spacial score (nSPS) is 10.3. The first kappa shape index (κ1) is 12.6. The van der Waals surface area contributed by atoms with E-state index >= 15 is 0 Å². The maximum Gasteiger partial charge on any atom is 0.232 e. The molecule has 0 aliphatic rings. The van der Waals surface area contributed by atoms with Crippen LogP contribution in [-0.4, -0.2) is 24.7 Å². The third kappa shape index (κ3) is 4.69. The van der Waals surface area contributed by atoms with E-state index in [0.29, 0.717) is 22.5 Å². The zero-order chi connectivity index (χ0) is 11.1. The van der Waals surface area contributed by atoms with Crippen LogP contribution in [0.25, 0.3) is 0 Å². The highest BCUT2D eigenvalue weighted by Gasteiger charge is 2.03. The Bertz CT molecular complexity index is 307. The molecule has 0 saturated carbocycles. The van der Waals surface area contributed by atoms with E-state index in [2.05, 4.69) is 17.2 Å². The van der Waals surface area contributed by atoms with Gasteiger partial charge in [0.25, 0.3) is 0 Å². The van der Waals surface area contributed by atoms with Crippen molar-refractivity contribution in [3.05, 3.63) is 22.3 Å². The topological polar surface area (TPSA) is 34.1 Å². The first-order valence-corrected chi connectivity index (χ1v) is 5.64. The highest BCUT2D eigenvalue weighted by atomic mass is 35.5. The zero-order valence-electron chi connectivity index (χ0n) is 8.59. The van der Waals surface area contributed by atoms with Crippen LogP contribution in [0, 0.1) is 0 Å². The molecular formula is C10H14Cl2N2O. The van der Waals surface area contributed by atoms with Crippen LogP contribution >= 0.6 is 23.2 Å². The van der Waals surface area contributed by atoms with Crippen LogP contribution in [-0.2, 0) is 0 Å². The third-order valence-corrected chi connectivity index (χ3v) is 2.20. The quantitative estimate of drug-likeness (QED) is 0.787. The molecule has 1 aromatic rings. The van der Waals surface area contributed by atoms with Crippen LogP contribution < -0.4 is 10.1 Å². The van der Waals surface area contributed by atoms with Crippen molar-refractivity contribution < 1.29 is 4.74 Å². The number of ether oxygens (including phenoxy) is 1. The Morgan fingerprint density at radius 2 is 2.20 bits per heavy atom. The molecule has 0 radical (unpaired) electrons. The Balaban J connectivity index is 2.31. The number of rotatable bonds is 6. The van der Waals surface area contributed by atoms with Gasteiger partial charge in [-0.1, -0.05) is 30.1 Å². The summed E-state index contributed by atoms with van der Waals surface area (Å²) in [6.45, 7) is 4.44. The first-order chi connectivity index (χ1) is 7.24. The molecule has 1 rings (SSSR count). The van der Waals surface area contributed by atoms with E-state index in [1.165, 1.54) is 6.20 Å². The average Bonchev–Trinajstić information content (AvgIpc) is 2.20. The van der Waals surface area contributed by atoms with Crippen molar-refractivity contribution in [2.75, 3.05) is 19.7 Å². The maximum atomic E-state index is 5.88. The molecular weight excluding hydrogens is 235 g/mol. The number of halogens is 2. The van der Waals surface area contributed by atoms with Crippen molar-refractivity contribution in [1.82, 2.24) is 10.3 Å². The fourth-order valence-electron chi connectivity index (χ4n) is 1.03. The van der Waals surface area contributed by atoms with Crippen LogP contribution in [0.1, 0.15) is 13.3 Å². The van der Waals surface area contributed by atoms with Gasteiger partial charge in [0.15, 0.2) is 0 Å². The lowest BCUT2D eigenvalue weighted by atomic mass is 10.5. The predicted molar refractivity (Wildman–Crippen MR) is 62.9 cm³/mol. The van der Waals surface area contributed by atoms with Gasteiger partial charge < -0.3 is 10.1 Å². The third-order valence-electron chi connectivity index (χ3n) is 1.72. The largest absolute Gasteiger partial charge is 0.475 e. The molecule has 0 saturated heterocycles. The second kappa shape index (κ2) is 6.88. The second-order valence-corrected chi connectivity index (χ2v) is 3.88. The average molecular weight is 249 g/mol. The summed E-state index contributed by atoms with van der Waals surface area (Å²) in [7, 11) is 0. The summed E-state index contributed by atoms with van der Waals surface area (Å²) in [5.74, 6) is 0.430. The van der Waals surface area contributed by atoms with E-state index in [9.17, 15) is 0 Å². The first-order valence-electron chi connectivity index (χ1n) is 4.88. The van der Waals surface area contributed by atoms with Crippen molar-refractivity contribution in [3.8, 4) is 5.88 Å². The summed E-state index contributed by atoms with van der Waals surface area (Å²) in [6.07, 6.45) is 2.63. The molecule has 0 fully saturated rings. The van der Waals surface area contributed by atoms with Gasteiger partial charge in [-0.05, 0) is 19.0 Å². The summed E-state index contributed by atoms with van der Waals surface area (Å²) in [6, 6.07) is 1.62. The number of nitrogens with one attached hydrogen (secondary N) is 1. The van der Waals surface area contributed by atoms with Gasteiger partial charge in [0.1, 0.15) is 11.6 Å². The molecule has 84 valence electrons. The maximum absolute atomic E-state index is 5.88. The van der Waals surface area contributed by atoms with Crippen molar-refractivity contribution in [1.29, 1.82) is 0 Å². The van der Waals surface area contributed by atoms with Crippen LogP contribution in [0.4, 0.5) is 0 Å². The number of nitrogens with zero attached hydrogens (tertiary/aromatic N) is 1. The Hall–Kier alpha value is -0.510. The lowest BCUT2D eigenvalue weighted by Gasteiger charge is -2.07. The molecule has 0 unspecified atom stereocenters. The second-order valence-electron chi connectivity index (χ2n) is 3.04. The number of hydrogen-bond donors (Lipinski definition) is 1. The van der Waals surface area contributed by atoms with E-state index in [1.807, 2.05) is 0 Å². The van der Waals surface area contributed by atoms with Gasteiger partial charge in [0.2, 0.25) is 5.88 Å². The van der Waals surface area contributed by atoms with Gasteiger partial charge in [-0.3, -0.25) is 0 Å². The van der Waals surface area contributed by atoms with E-state index in [4.69, 9.17) is 27.9 Å². The lowest BCUT2D eigenvalue weighted by molar-refractivity contribution is 0.303. The molecule has 0 aliphatic carbocycles. The van der Waals surface area contributed by atoms with Crippen LogP contribution in [0.3, 0.4) is 0 Å². The Labute approximate surface area is 99.7 Å². The summed E-state index contributed by atoms with van der Waals surface area (Å²) in [5, 5.41) is 4.17. The van der Waals surface area contributed by atoms with Crippen molar-refractivity contribution in [2.24, 2.45) is 0 Å². The lowest BCUT2D eigenvalue weighted by Crippen LogP contribution is -2.21. The highest BCUT2D eigenvalue weighted by Crippen LogP contribution is 2.24. The molecule has 0 aromatic carbocycles.